The number of amides is 2. The maximum Gasteiger partial charge on any atom is 0.338 e. The lowest BCUT2D eigenvalue weighted by Crippen LogP contribution is -2.43. The highest BCUT2D eigenvalue weighted by Gasteiger charge is 2.10. The quantitative estimate of drug-likeness (QED) is 0.483. The Hall–Kier alpha value is -3.55. The predicted octanol–water partition coefficient (Wildman–Crippen LogP) is 2.88. The van der Waals surface area contributed by atoms with Crippen LogP contribution in [0.5, 0.6) is 11.5 Å². The molecule has 2 aromatic rings. The monoisotopic (exact) mass is 414 g/mol. The Labute approximate surface area is 175 Å². The Morgan fingerprint density at radius 2 is 1.47 bits per heavy atom. The molecular formula is C22H26N2O6. The smallest absolute Gasteiger partial charge is 0.338 e. The first-order valence-corrected chi connectivity index (χ1v) is 9.68. The second-order valence-electron chi connectivity index (χ2n) is 6.40. The summed E-state index contributed by atoms with van der Waals surface area (Å²) < 4.78 is 15.9. The summed E-state index contributed by atoms with van der Waals surface area (Å²) in [6, 6.07) is 12.8. The van der Waals surface area contributed by atoms with Gasteiger partial charge in [-0.25, -0.2) is 4.79 Å². The van der Waals surface area contributed by atoms with E-state index in [1.807, 2.05) is 13.8 Å². The first-order chi connectivity index (χ1) is 14.4. The Bertz CT molecular complexity index is 849. The Kier molecular flexibility index (Phi) is 8.68. The third-order valence-corrected chi connectivity index (χ3v) is 4.08. The van der Waals surface area contributed by atoms with E-state index in [1.165, 1.54) is 0 Å². The molecule has 0 aliphatic carbocycles. The molecular weight excluding hydrogens is 388 g/mol. The highest BCUT2D eigenvalue weighted by Crippen LogP contribution is 2.15. The predicted molar refractivity (Wildman–Crippen MR) is 110 cm³/mol. The summed E-state index contributed by atoms with van der Waals surface area (Å²) in [7, 11) is 0. The molecule has 2 amide bonds. The molecule has 0 heterocycles. The van der Waals surface area contributed by atoms with Crippen molar-refractivity contribution in [2.45, 2.75) is 33.3 Å². The minimum absolute atomic E-state index is 0.0883. The van der Waals surface area contributed by atoms with E-state index in [0.717, 1.165) is 6.42 Å². The lowest BCUT2D eigenvalue weighted by molar-refractivity contribution is -0.123. The maximum absolute atomic E-state index is 12.1. The number of carbonyl (C=O) groups excluding carboxylic acids is 3. The van der Waals surface area contributed by atoms with E-state index in [-0.39, 0.29) is 12.7 Å². The van der Waals surface area contributed by atoms with Crippen LogP contribution >= 0.6 is 0 Å². The number of benzene rings is 2. The van der Waals surface area contributed by atoms with Gasteiger partial charge in [0.25, 0.3) is 11.8 Å². The average Bonchev–Trinajstić information content (AvgIpc) is 2.77. The lowest BCUT2D eigenvalue weighted by atomic mass is 10.2. The molecule has 160 valence electrons. The van der Waals surface area contributed by atoms with Crippen LogP contribution in [0, 0.1) is 0 Å². The van der Waals surface area contributed by atoms with Gasteiger partial charge in [-0.1, -0.05) is 6.92 Å². The van der Waals surface area contributed by atoms with Crippen molar-refractivity contribution < 1.29 is 28.6 Å². The minimum Gasteiger partial charge on any atom is -0.491 e. The van der Waals surface area contributed by atoms with E-state index >= 15 is 0 Å². The first-order valence-electron chi connectivity index (χ1n) is 9.68. The summed E-state index contributed by atoms with van der Waals surface area (Å²) in [5.74, 6) is -0.343. The molecule has 0 spiro atoms. The number of hydrogen-bond donors (Lipinski definition) is 2. The number of esters is 1. The van der Waals surface area contributed by atoms with Gasteiger partial charge in [0.15, 0.2) is 6.61 Å². The normalized spacial score (nSPS) is 11.2. The fraction of sp³-hybridized carbons (Fsp3) is 0.318. The van der Waals surface area contributed by atoms with Gasteiger partial charge in [-0.05, 0) is 68.8 Å². The molecule has 0 aliphatic rings. The topological polar surface area (TPSA) is 103 Å². The van der Waals surface area contributed by atoms with Gasteiger partial charge in [-0.15, -0.1) is 0 Å². The van der Waals surface area contributed by atoms with Crippen LogP contribution in [0.3, 0.4) is 0 Å². The fourth-order valence-corrected chi connectivity index (χ4v) is 2.29. The van der Waals surface area contributed by atoms with Crippen molar-refractivity contribution in [3.05, 3.63) is 59.7 Å². The zero-order valence-electron chi connectivity index (χ0n) is 17.3. The summed E-state index contributed by atoms with van der Waals surface area (Å²) in [5, 5.41) is 0. The van der Waals surface area contributed by atoms with E-state index in [1.54, 1.807) is 55.5 Å². The number of ether oxygens (including phenoxy) is 3. The van der Waals surface area contributed by atoms with Crippen molar-refractivity contribution in [1.29, 1.82) is 0 Å². The van der Waals surface area contributed by atoms with Crippen LogP contribution < -0.4 is 20.3 Å². The lowest BCUT2D eigenvalue weighted by Gasteiger charge is -2.13. The first kappa shape index (κ1) is 22.7. The molecule has 0 fully saturated rings. The van der Waals surface area contributed by atoms with Crippen LogP contribution in [-0.4, -0.2) is 37.1 Å². The number of nitrogens with one attached hydrogen (secondary N) is 2. The van der Waals surface area contributed by atoms with Gasteiger partial charge >= 0.3 is 5.97 Å². The third kappa shape index (κ3) is 7.12. The zero-order valence-corrected chi connectivity index (χ0v) is 17.3. The van der Waals surface area contributed by atoms with Crippen molar-refractivity contribution in [2.24, 2.45) is 0 Å². The average molecular weight is 414 g/mol. The largest absolute Gasteiger partial charge is 0.491 e. The standard InChI is InChI=1S/C22H26N2O6/c1-4-15(3)30-19-12-6-16(7-13-19)21(26)24-23-20(25)14-29-18-10-8-17(9-11-18)22(27)28-5-2/h6-13,15H,4-5,14H2,1-3H3,(H,23,25)(H,24,26). The third-order valence-electron chi connectivity index (χ3n) is 4.08. The molecule has 1 unspecified atom stereocenters. The second kappa shape index (κ2) is 11.5. The Morgan fingerprint density at radius 1 is 0.867 bits per heavy atom. The molecule has 8 heteroatoms. The second-order valence-corrected chi connectivity index (χ2v) is 6.40. The van der Waals surface area contributed by atoms with Gasteiger partial charge in [0.2, 0.25) is 0 Å². The molecule has 2 N–H and O–H groups in total. The molecule has 2 aromatic carbocycles. The molecule has 0 bridgehead atoms. The van der Waals surface area contributed by atoms with Crippen molar-refractivity contribution in [2.75, 3.05) is 13.2 Å². The van der Waals surface area contributed by atoms with Crippen LogP contribution in [0.2, 0.25) is 0 Å². The summed E-state index contributed by atoms with van der Waals surface area (Å²) in [4.78, 5) is 35.6. The van der Waals surface area contributed by atoms with Crippen molar-refractivity contribution in [3.63, 3.8) is 0 Å². The zero-order chi connectivity index (χ0) is 21.9. The van der Waals surface area contributed by atoms with Crippen molar-refractivity contribution in [1.82, 2.24) is 10.9 Å². The summed E-state index contributed by atoms with van der Waals surface area (Å²) in [6.45, 7) is 5.70. The van der Waals surface area contributed by atoms with E-state index in [2.05, 4.69) is 10.9 Å². The molecule has 1 atom stereocenters. The van der Waals surface area contributed by atoms with Crippen LogP contribution in [0.15, 0.2) is 48.5 Å². The molecule has 30 heavy (non-hydrogen) atoms. The molecule has 2 rings (SSSR count). The maximum atomic E-state index is 12.1. The van der Waals surface area contributed by atoms with Gasteiger partial charge in [-0.3, -0.25) is 20.4 Å². The van der Waals surface area contributed by atoms with Crippen LogP contribution in [0.25, 0.3) is 0 Å². The van der Waals surface area contributed by atoms with Crippen molar-refractivity contribution in [3.8, 4) is 11.5 Å². The summed E-state index contributed by atoms with van der Waals surface area (Å²) in [6.07, 6.45) is 0.969. The molecule has 0 saturated heterocycles. The van der Waals surface area contributed by atoms with Gasteiger partial charge in [0.05, 0.1) is 18.3 Å². The molecule has 8 nitrogen and oxygen atoms in total. The molecule has 0 aromatic heterocycles. The van der Waals surface area contributed by atoms with Gasteiger partial charge in [0, 0.05) is 5.56 Å². The molecule has 0 radical (unpaired) electrons. The van der Waals surface area contributed by atoms with Crippen LogP contribution in [-0.2, 0) is 9.53 Å². The molecule has 0 saturated carbocycles. The molecule has 0 aliphatic heterocycles. The highest BCUT2D eigenvalue weighted by atomic mass is 16.5. The highest BCUT2D eigenvalue weighted by molar-refractivity contribution is 5.95. The van der Waals surface area contributed by atoms with Crippen LogP contribution in [0.4, 0.5) is 0 Å². The minimum atomic E-state index is -0.533. The number of hydrazine groups is 1. The Balaban J connectivity index is 1.76. The van der Waals surface area contributed by atoms with Gasteiger partial charge in [0.1, 0.15) is 11.5 Å². The summed E-state index contributed by atoms with van der Waals surface area (Å²) in [5.41, 5.74) is 5.38. The van der Waals surface area contributed by atoms with Gasteiger partial charge < -0.3 is 14.2 Å². The van der Waals surface area contributed by atoms with E-state index in [4.69, 9.17) is 14.2 Å². The Morgan fingerprint density at radius 3 is 2.07 bits per heavy atom. The summed E-state index contributed by atoms with van der Waals surface area (Å²) >= 11 is 0. The number of carbonyl (C=O) groups is 3. The number of hydrogen-bond acceptors (Lipinski definition) is 6. The van der Waals surface area contributed by atoms with E-state index < -0.39 is 17.8 Å². The van der Waals surface area contributed by atoms with Crippen molar-refractivity contribution >= 4 is 17.8 Å². The SMILES string of the molecule is CCOC(=O)c1ccc(OCC(=O)NNC(=O)c2ccc(OC(C)CC)cc2)cc1. The van der Waals surface area contributed by atoms with E-state index in [9.17, 15) is 14.4 Å². The fourth-order valence-electron chi connectivity index (χ4n) is 2.29. The van der Waals surface area contributed by atoms with Gasteiger partial charge in [-0.2, -0.15) is 0 Å². The van der Waals surface area contributed by atoms with E-state index in [0.29, 0.717) is 29.2 Å². The van der Waals surface area contributed by atoms with Crippen LogP contribution in [0.1, 0.15) is 47.9 Å². The number of rotatable bonds is 9.